The minimum Gasteiger partial charge on any atom is -0.359 e. The highest BCUT2D eigenvalue weighted by Gasteiger charge is 2.46. The van der Waals surface area contributed by atoms with Crippen LogP contribution in [-0.2, 0) is 0 Å². The second-order valence-corrected chi connectivity index (χ2v) is 12.6. The topological polar surface area (TPSA) is 41.6 Å². The van der Waals surface area contributed by atoms with Crippen molar-refractivity contribution in [3.8, 4) is 6.07 Å². The summed E-state index contributed by atoms with van der Waals surface area (Å²) in [6.45, 7) is 13.6. The lowest BCUT2D eigenvalue weighted by atomic mass is 10.2. The van der Waals surface area contributed by atoms with E-state index in [1.807, 2.05) is 18.3 Å². The van der Waals surface area contributed by atoms with E-state index in [0.29, 0.717) is 22.0 Å². The molecule has 0 fully saturated rings. The summed E-state index contributed by atoms with van der Waals surface area (Å²) < 4.78 is 16.1. The summed E-state index contributed by atoms with van der Waals surface area (Å²) in [5.74, 6) is -0.543. The number of pyridine rings is 1. The molecule has 0 atom stereocenters. The van der Waals surface area contributed by atoms with Crippen LogP contribution in [0, 0.1) is 17.1 Å². The lowest BCUT2D eigenvalue weighted by Crippen LogP contribution is -2.51. The fourth-order valence-electron chi connectivity index (χ4n) is 4.32. The van der Waals surface area contributed by atoms with Crippen molar-refractivity contribution in [3.05, 3.63) is 29.8 Å². The Morgan fingerprint density at radius 2 is 1.68 bits per heavy atom. The summed E-state index contributed by atoms with van der Waals surface area (Å²) in [4.78, 5) is 4.33. The maximum atomic E-state index is 13.8. The van der Waals surface area contributed by atoms with Gasteiger partial charge in [0.1, 0.15) is 17.3 Å². The first kappa shape index (κ1) is 16.7. The number of nitrogens with zero attached hydrogens (tertiary/aromatic N) is 3. The van der Waals surface area contributed by atoms with Gasteiger partial charge in [-0.3, -0.25) is 0 Å². The Morgan fingerprint density at radius 3 is 2.14 bits per heavy atom. The molecule has 0 saturated heterocycles. The molecule has 2 aromatic heterocycles. The van der Waals surface area contributed by atoms with Crippen LogP contribution in [0.4, 0.5) is 4.39 Å². The number of fused-ring (bicyclic) bond motifs is 1. The van der Waals surface area contributed by atoms with E-state index < -0.39 is 14.1 Å². The Balaban J connectivity index is 2.86. The first-order chi connectivity index (χ1) is 10.3. The van der Waals surface area contributed by atoms with Gasteiger partial charge in [-0.25, -0.2) is 9.37 Å². The summed E-state index contributed by atoms with van der Waals surface area (Å²) in [6, 6.07) is 3.82. The van der Waals surface area contributed by atoms with Crippen LogP contribution >= 0.6 is 0 Å². The zero-order chi connectivity index (χ0) is 16.7. The van der Waals surface area contributed by atoms with Gasteiger partial charge in [-0.1, -0.05) is 41.5 Å². The molecule has 22 heavy (non-hydrogen) atoms. The Kier molecular flexibility index (Phi) is 4.43. The monoisotopic (exact) mass is 317 g/mol. The quantitative estimate of drug-likeness (QED) is 0.739. The van der Waals surface area contributed by atoms with E-state index in [9.17, 15) is 9.65 Å². The summed E-state index contributed by atoms with van der Waals surface area (Å²) >= 11 is 0. The van der Waals surface area contributed by atoms with Crippen LogP contribution in [0.1, 0.15) is 47.1 Å². The lowest BCUT2D eigenvalue weighted by Gasteiger charge is -2.44. The Bertz CT molecular complexity index is 704. The van der Waals surface area contributed by atoms with Crippen LogP contribution in [0.5, 0.6) is 0 Å². The van der Waals surface area contributed by atoms with Gasteiger partial charge < -0.3 is 4.23 Å². The molecule has 0 N–H and O–H groups in total. The van der Waals surface area contributed by atoms with Gasteiger partial charge >= 0.3 is 0 Å². The number of halogens is 1. The van der Waals surface area contributed by atoms with Crippen molar-refractivity contribution in [2.24, 2.45) is 0 Å². The zero-order valence-electron chi connectivity index (χ0n) is 14.2. The Morgan fingerprint density at radius 1 is 1.14 bits per heavy atom. The van der Waals surface area contributed by atoms with E-state index in [1.54, 1.807) is 0 Å². The molecule has 5 heteroatoms. The maximum absolute atomic E-state index is 13.8. The van der Waals surface area contributed by atoms with E-state index in [1.165, 1.54) is 6.20 Å². The van der Waals surface area contributed by atoms with Crippen molar-refractivity contribution in [2.45, 2.75) is 58.2 Å². The highest BCUT2D eigenvalue weighted by molar-refractivity contribution is 6.82. The molecule has 0 aromatic carbocycles. The fourth-order valence-corrected chi connectivity index (χ4v) is 10.9. The van der Waals surface area contributed by atoms with Crippen LogP contribution in [-0.4, -0.2) is 17.5 Å². The molecular formula is C17H24FN3Si. The van der Waals surface area contributed by atoms with Gasteiger partial charge in [0, 0.05) is 5.39 Å². The predicted octanol–water partition coefficient (Wildman–Crippen LogP) is 5.07. The van der Waals surface area contributed by atoms with Crippen LogP contribution in [0.2, 0.25) is 16.6 Å². The van der Waals surface area contributed by atoms with Gasteiger partial charge in [0.15, 0.2) is 14.1 Å². The maximum Gasteiger partial charge on any atom is 0.171 e. The fraction of sp³-hybridized carbons (Fsp3) is 0.529. The van der Waals surface area contributed by atoms with E-state index in [2.05, 4.69) is 50.8 Å². The van der Waals surface area contributed by atoms with Crippen molar-refractivity contribution >= 4 is 19.3 Å². The molecule has 0 bridgehead atoms. The zero-order valence-corrected chi connectivity index (χ0v) is 15.2. The predicted molar refractivity (Wildman–Crippen MR) is 90.9 cm³/mol. The van der Waals surface area contributed by atoms with Crippen LogP contribution < -0.4 is 0 Å². The average molecular weight is 317 g/mol. The highest BCUT2D eigenvalue weighted by Crippen LogP contribution is 2.44. The average Bonchev–Trinajstić information content (AvgIpc) is 2.82. The number of aromatic nitrogens is 2. The number of hydrogen-bond donors (Lipinski definition) is 0. The second kappa shape index (κ2) is 5.84. The van der Waals surface area contributed by atoms with Crippen molar-refractivity contribution in [1.29, 1.82) is 5.26 Å². The van der Waals surface area contributed by atoms with E-state index in [4.69, 9.17) is 0 Å². The Hall–Kier alpha value is -1.67. The van der Waals surface area contributed by atoms with Gasteiger partial charge in [-0.2, -0.15) is 5.26 Å². The molecule has 2 rings (SSSR count). The molecule has 0 spiro atoms. The molecule has 0 radical (unpaired) electrons. The molecule has 2 aromatic rings. The SMILES string of the molecule is CC(C)[Si](C(C)C)(C(C)C)n1ccc2c(C#N)c(F)cnc21. The van der Waals surface area contributed by atoms with Gasteiger partial charge in [0.05, 0.1) is 6.20 Å². The smallest absolute Gasteiger partial charge is 0.171 e. The molecule has 0 aliphatic rings. The third kappa shape index (κ3) is 2.17. The van der Waals surface area contributed by atoms with E-state index in [-0.39, 0.29) is 5.56 Å². The molecule has 0 amide bonds. The third-order valence-corrected chi connectivity index (χ3v) is 11.7. The van der Waals surface area contributed by atoms with Crippen molar-refractivity contribution in [1.82, 2.24) is 9.22 Å². The van der Waals surface area contributed by atoms with Crippen LogP contribution in [0.3, 0.4) is 0 Å². The minimum atomic E-state index is -1.95. The standard InChI is InChI=1S/C17H24FN3Si/c1-11(2)22(12(3)4,13(5)6)21-8-7-14-15(9-19)16(18)10-20-17(14)21/h7-8,10-13H,1-6H3. The van der Waals surface area contributed by atoms with Crippen molar-refractivity contribution in [2.75, 3.05) is 0 Å². The molecule has 0 saturated carbocycles. The molecular weight excluding hydrogens is 293 g/mol. The summed E-state index contributed by atoms with van der Waals surface area (Å²) in [6.07, 6.45) is 3.20. The molecule has 0 unspecified atom stereocenters. The lowest BCUT2D eigenvalue weighted by molar-refractivity contribution is 0.620. The molecule has 0 aliphatic carbocycles. The molecule has 3 nitrogen and oxygen atoms in total. The van der Waals surface area contributed by atoms with Crippen molar-refractivity contribution < 1.29 is 4.39 Å². The minimum absolute atomic E-state index is 0.0999. The first-order valence-corrected chi connectivity index (χ1v) is 10.0. The summed E-state index contributed by atoms with van der Waals surface area (Å²) in [5.41, 5.74) is 2.39. The number of hydrogen-bond acceptors (Lipinski definition) is 2. The van der Waals surface area contributed by atoms with E-state index in [0.717, 1.165) is 5.65 Å². The van der Waals surface area contributed by atoms with Crippen molar-refractivity contribution in [3.63, 3.8) is 0 Å². The van der Waals surface area contributed by atoms with Gasteiger partial charge in [-0.05, 0) is 28.9 Å². The van der Waals surface area contributed by atoms with Gasteiger partial charge in [-0.15, -0.1) is 0 Å². The van der Waals surface area contributed by atoms with Crippen LogP contribution in [0.15, 0.2) is 18.5 Å². The molecule has 2 heterocycles. The first-order valence-electron chi connectivity index (χ1n) is 7.84. The Labute approximate surface area is 132 Å². The summed E-state index contributed by atoms with van der Waals surface area (Å²) in [5, 5.41) is 9.87. The highest BCUT2D eigenvalue weighted by atomic mass is 28.3. The van der Waals surface area contributed by atoms with Gasteiger partial charge in [0.25, 0.3) is 0 Å². The third-order valence-electron chi connectivity index (χ3n) is 4.97. The van der Waals surface area contributed by atoms with Gasteiger partial charge in [0.2, 0.25) is 0 Å². The number of nitriles is 1. The normalized spacial score (nSPS) is 12.6. The molecule has 0 aliphatic heterocycles. The van der Waals surface area contributed by atoms with E-state index >= 15 is 0 Å². The molecule has 118 valence electrons. The largest absolute Gasteiger partial charge is 0.359 e. The second-order valence-electron chi connectivity index (χ2n) is 6.87. The van der Waals surface area contributed by atoms with Crippen LogP contribution in [0.25, 0.3) is 11.0 Å². The summed E-state index contributed by atoms with van der Waals surface area (Å²) in [7, 11) is -1.95. The number of rotatable bonds is 4.